The van der Waals surface area contributed by atoms with E-state index in [4.69, 9.17) is 5.26 Å². The van der Waals surface area contributed by atoms with Crippen molar-refractivity contribution in [3.8, 4) is 11.8 Å². The Kier molecular flexibility index (Phi) is 3.30. The maximum Gasteiger partial charge on any atom is 0.365 e. The molecule has 0 N–H and O–H groups in total. The van der Waals surface area contributed by atoms with Crippen molar-refractivity contribution in [2.75, 3.05) is 7.11 Å². The number of ether oxygens (including phenoxy) is 1. The zero-order valence-corrected chi connectivity index (χ0v) is 7.98. The summed E-state index contributed by atoms with van der Waals surface area (Å²) in [7, 11) is 1.08. The molecule has 1 heterocycles. The van der Waals surface area contributed by atoms with Gasteiger partial charge in [-0.25, -0.2) is 8.78 Å². The first-order valence-electron chi connectivity index (χ1n) is 3.92. The molecule has 0 aliphatic rings. The Labute approximate surface area is 88.2 Å². The van der Waals surface area contributed by atoms with Crippen molar-refractivity contribution in [1.82, 2.24) is 4.98 Å². The topological polar surface area (TPSA) is 89.0 Å². The van der Waals surface area contributed by atoms with Crippen LogP contribution in [0.3, 0.4) is 0 Å². The third-order valence-corrected chi connectivity index (χ3v) is 1.70. The predicted octanol–water partition coefficient (Wildman–Crippen LogP) is 1.81. The molecule has 0 spiro atoms. The van der Waals surface area contributed by atoms with Crippen molar-refractivity contribution in [3.05, 3.63) is 27.4 Å². The second-order valence-corrected chi connectivity index (χ2v) is 2.62. The van der Waals surface area contributed by atoms with Crippen LogP contribution in [0.4, 0.5) is 14.6 Å². The summed E-state index contributed by atoms with van der Waals surface area (Å²) in [4.78, 5) is 12.6. The van der Waals surface area contributed by atoms with Crippen LogP contribution in [-0.2, 0) is 0 Å². The zero-order chi connectivity index (χ0) is 12.3. The molecule has 84 valence electrons. The quantitative estimate of drug-likeness (QED) is 0.582. The Morgan fingerprint density at radius 2 is 2.31 bits per heavy atom. The van der Waals surface area contributed by atoms with Gasteiger partial charge in [-0.15, -0.1) is 0 Å². The number of pyridine rings is 1. The fourth-order valence-corrected chi connectivity index (χ4v) is 1.08. The van der Waals surface area contributed by atoms with Gasteiger partial charge in [0, 0.05) is 0 Å². The van der Waals surface area contributed by atoms with Crippen LogP contribution in [0, 0.1) is 21.4 Å². The molecule has 0 amide bonds. The summed E-state index contributed by atoms with van der Waals surface area (Å²) in [5, 5.41) is 19.0. The maximum absolute atomic E-state index is 12.5. The number of nitro groups is 1. The van der Waals surface area contributed by atoms with Crippen molar-refractivity contribution >= 4 is 5.82 Å². The predicted molar refractivity (Wildman–Crippen MR) is 47.1 cm³/mol. The normalized spacial score (nSPS) is 9.94. The van der Waals surface area contributed by atoms with Crippen LogP contribution in [0.2, 0.25) is 0 Å². The highest BCUT2D eigenvalue weighted by atomic mass is 19.3. The monoisotopic (exact) mass is 229 g/mol. The maximum atomic E-state index is 12.5. The molecule has 1 aromatic rings. The van der Waals surface area contributed by atoms with E-state index in [2.05, 4.69) is 9.72 Å². The molecule has 0 aliphatic heterocycles. The molecule has 0 atom stereocenters. The van der Waals surface area contributed by atoms with E-state index in [0.717, 1.165) is 13.2 Å². The number of alkyl halides is 2. The molecule has 0 fully saturated rings. The average Bonchev–Trinajstić information content (AvgIpc) is 2.26. The number of hydrogen-bond donors (Lipinski definition) is 0. The summed E-state index contributed by atoms with van der Waals surface area (Å²) in [5.41, 5.74) is -1.26. The van der Waals surface area contributed by atoms with Gasteiger partial charge in [0.1, 0.15) is 11.6 Å². The number of halogens is 2. The Hall–Kier alpha value is -2.30. The van der Waals surface area contributed by atoms with Gasteiger partial charge in [0.25, 0.3) is 5.69 Å². The molecule has 8 heteroatoms. The minimum atomic E-state index is -3.05. The second kappa shape index (κ2) is 4.48. The number of rotatable bonds is 3. The van der Waals surface area contributed by atoms with Gasteiger partial charge in [-0.1, -0.05) is 0 Å². The van der Waals surface area contributed by atoms with Gasteiger partial charge in [-0.2, -0.15) is 5.26 Å². The highest BCUT2D eigenvalue weighted by Gasteiger charge is 2.28. The number of methoxy groups -OCH3 is 1. The molecule has 0 aromatic carbocycles. The van der Waals surface area contributed by atoms with Gasteiger partial charge in [0.15, 0.2) is 5.75 Å². The van der Waals surface area contributed by atoms with E-state index in [1.807, 2.05) is 0 Å². The molecular formula is C8H5F2N3O3. The first-order chi connectivity index (χ1) is 7.51. The molecule has 0 bridgehead atoms. The van der Waals surface area contributed by atoms with Gasteiger partial charge < -0.3 is 14.9 Å². The van der Waals surface area contributed by atoms with Gasteiger partial charge in [-0.05, 0) is 9.91 Å². The first-order valence-corrected chi connectivity index (χ1v) is 3.92. The summed E-state index contributed by atoms with van der Waals surface area (Å²) in [6.45, 7) is 0. The summed E-state index contributed by atoms with van der Waals surface area (Å²) >= 11 is 0. The van der Waals surface area contributed by atoms with E-state index in [1.54, 1.807) is 0 Å². The van der Waals surface area contributed by atoms with E-state index >= 15 is 0 Å². The van der Waals surface area contributed by atoms with E-state index in [1.165, 1.54) is 6.07 Å². The molecule has 1 aromatic heterocycles. The van der Waals surface area contributed by atoms with Crippen LogP contribution >= 0.6 is 0 Å². The van der Waals surface area contributed by atoms with Gasteiger partial charge >= 0.3 is 12.2 Å². The summed E-state index contributed by atoms with van der Waals surface area (Å²) in [6.07, 6.45) is -3.05. The minimum Gasteiger partial charge on any atom is -0.491 e. The number of nitrogens with zero attached hydrogens (tertiary/aromatic N) is 3. The highest BCUT2D eigenvalue weighted by Crippen LogP contribution is 2.32. The minimum absolute atomic E-state index is 0.348. The lowest BCUT2D eigenvalue weighted by Crippen LogP contribution is -2.03. The molecule has 1 rings (SSSR count). The van der Waals surface area contributed by atoms with E-state index in [0.29, 0.717) is 0 Å². The van der Waals surface area contributed by atoms with E-state index in [-0.39, 0.29) is 5.56 Å². The zero-order valence-electron chi connectivity index (χ0n) is 7.98. The van der Waals surface area contributed by atoms with Crippen LogP contribution in [0.1, 0.15) is 17.7 Å². The van der Waals surface area contributed by atoms with Crippen molar-refractivity contribution in [2.24, 2.45) is 0 Å². The molecule has 0 radical (unpaired) electrons. The largest absolute Gasteiger partial charge is 0.491 e. The van der Waals surface area contributed by atoms with Gasteiger partial charge in [0.2, 0.25) is 0 Å². The molecule has 0 unspecified atom stereocenters. The fraction of sp³-hybridized carbons (Fsp3) is 0.250. The molecular weight excluding hydrogens is 224 g/mol. The van der Waals surface area contributed by atoms with E-state index in [9.17, 15) is 18.9 Å². The number of aromatic nitrogens is 1. The van der Waals surface area contributed by atoms with Crippen molar-refractivity contribution in [2.45, 2.75) is 6.43 Å². The average molecular weight is 229 g/mol. The van der Waals surface area contributed by atoms with Crippen LogP contribution in [0.15, 0.2) is 6.07 Å². The van der Waals surface area contributed by atoms with Crippen molar-refractivity contribution in [3.63, 3.8) is 0 Å². The van der Waals surface area contributed by atoms with Crippen LogP contribution < -0.4 is 4.74 Å². The van der Waals surface area contributed by atoms with Gasteiger partial charge in [0.05, 0.1) is 13.2 Å². The Morgan fingerprint density at radius 1 is 1.69 bits per heavy atom. The van der Waals surface area contributed by atoms with Crippen LogP contribution in [-0.4, -0.2) is 17.0 Å². The molecule has 0 saturated heterocycles. The fourth-order valence-electron chi connectivity index (χ4n) is 1.08. The Balaban J connectivity index is 3.51. The summed E-state index contributed by atoms with van der Waals surface area (Å²) in [6, 6.07) is 2.32. The second-order valence-electron chi connectivity index (χ2n) is 2.62. The number of hydrogen-bond acceptors (Lipinski definition) is 5. The lowest BCUT2D eigenvalue weighted by Gasteiger charge is -2.04. The van der Waals surface area contributed by atoms with Crippen LogP contribution in [0.25, 0.3) is 0 Å². The molecule has 0 saturated carbocycles. The van der Waals surface area contributed by atoms with Gasteiger partial charge in [-0.3, -0.25) is 0 Å². The lowest BCUT2D eigenvalue weighted by atomic mass is 10.2. The summed E-state index contributed by atoms with van der Waals surface area (Å²) < 4.78 is 29.6. The third kappa shape index (κ3) is 2.03. The third-order valence-electron chi connectivity index (χ3n) is 1.70. The van der Waals surface area contributed by atoms with Crippen LogP contribution in [0.5, 0.6) is 5.75 Å². The van der Waals surface area contributed by atoms with Crippen molar-refractivity contribution in [1.29, 1.82) is 5.26 Å². The number of nitriles is 1. The lowest BCUT2D eigenvalue weighted by molar-refractivity contribution is -0.389. The van der Waals surface area contributed by atoms with Crippen molar-refractivity contribution < 1.29 is 18.4 Å². The smallest absolute Gasteiger partial charge is 0.365 e. The Bertz CT molecular complexity index is 470. The standard InChI is InChI=1S/C8H5F2N3O3/c1-16-7-4(3-11)2-5(13(14)15)12-6(7)8(9)10/h2,8H,1H3. The Morgan fingerprint density at radius 3 is 2.69 bits per heavy atom. The summed E-state index contributed by atoms with van der Waals surface area (Å²) in [5.74, 6) is -1.25. The SMILES string of the molecule is COc1c(C#N)cc([N+](=O)[O-])nc1C(F)F. The first kappa shape index (κ1) is 11.8. The molecule has 16 heavy (non-hydrogen) atoms. The van der Waals surface area contributed by atoms with E-state index < -0.39 is 28.6 Å². The molecule has 0 aliphatic carbocycles. The molecule has 6 nitrogen and oxygen atoms in total. The highest BCUT2D eigenvalue weighted by molar-refractivity contribution is 5.50.